The third-order valence-corrected chi connectivity index (χ3v) is 2.86. The van der Waals surface area contributed by atoms with Crippen LogP contribution in [0.25, 0.3) is 0 Å². The molecule has 96 valence electrons. The molecule has 0 aliphatic carbocycles. The van der Waals surface area contributed by atoms with Crippen LogP contribution in [0.5, 0.6) is 0 Å². The minimum Gasteiger partial charge on any atom is -0.314 e. The molecule has 0 radical (unpaired) electrons. The minimum atomic E-state index is 0.614. The highest BCUT2D eigenvalue weighted by Gasteiger charge is 1.93. The first kappa shape index (κ1) is 15.7. The van der Waals surface area contributed by atoms with Gasteiger partial charge in [0.25, 0.3) is 0 Å². The summed E-state index contributed by atoms with van der Waals surface area (Å²) in [6.45, 7) is 10.1. The van der Waals surface area contributed by atoms with Gasteiger partial charge in [0.15, 0.2) is 0 Å². The molecule has 0 fully saturated rings. The van der Waals surface area contributed by atoms with Crippen molar-refractivity contribution in [2.45, 2.75) is 78.7 Å². The second-order valence-corrected chi connectivity index (χ2v) is 5.11. The summed E-state index contributed by atoms with van der Waals surface area (Å²) in [6.07, 6.45) is 11.8. The predicted octanol–water partition coefficient (Wildman–Crippen LogP) is 4.68. The molecule has 0 rings (SSSR count). The van der Waals surface area contributed by atoms with Crippen molar-refractivity contribution in [3.8, 4) is 0 Å². The van der Waals surface area contributed by atoms with E-state index in [2.05, 4.69) is 39.1 Å². The molecule has 16 heavy (non-hydrogen) atoms. The Morgan fingerprint density at radius 2 is 1.81 bits per heavy atom. The van der Waals surface area contributed by atoms with E-state index in [4.69, 9.17) is 0 Å². The van der Waals surface area contributed by atoms with Crippen LogP contribution in [0.3, 0.4) is 0 Å². The lowest BCUT2D eigenvalue weighted by Gasteiger charge is -2.06. The normalized spacial score (nSPS) is 12.4. The van der Waals surface area contributed by atoms with Crippen molar-refractivity contribution in [3.05, 3.63) is 11.6 Å². The van der Waals surface area contributed by atoms with Crippen LogP contribution < -0.4 is 5.32 Å². The van der Waals surface area contributed by atoms with Gasteiger partial charge >= 0.3 is 0 Å². The average Bonchev–Trinajstić information content (AvgIpc) is 2.24. The zero-order chi connectivity index (χ0) is 12.2. The highest BCUT2D eigenvalue weighted by molar-refractivity contribution is 4.97. The number of nitrogens with one attached hydrogen (secondary N) is 1. The molecule has 0 saturated heterocycles. The Kier molecular flexibility index (Phi) is 11.0. The van der Waals surface area contributed by atoms with Crippen molar-refractivity contribution >= 4 is 0 Å². The molecular weight excluding hydrogens is 194 g/mol. The van der Waals surface area contributed by atoms with Crippen molar-refractivity contribution in [3.63, 3.8) is 0 Å². The van der Waals surface area contributed by atoms with E-state index in [9.17, 15) is 0 Å². The van der Waals surface area contributed by atoms with E-state index in [1.165, 1.54) is 44.9 Å². The standard InChI is InChI=1S/C15H31N/c1-5-6-7-8-9-11-15(4)12-10-13-16-14(2)3/h12,14,16H,5-11,13H2,1-4H3. The number of unbranched alkanes of at least 4 members (excludes halogenated alkanes) is 4. The summed E-state index contributed by atoms with van der Waals surface area (Å²) < 4.78 is 0. The van der Waals surface area contributed by atoms with Crippen LogP contribution >= 0.6 is 0 Å². The third-order valence-electron chi connectivity index (χ3n) is 2.86. The molecule has 0 aromatic heterocycles. The van der Waals surface area contributed by atoms with Crippen LogP contribution in [-0.4, -0.2) is 12.6 Å². The lowest BCUT2D eigenvalue weighted by atomic mass is 10.1. The number of rotatable bonds is 10. The van der Waals surface area contributed by atoms with Crippen molar-refractivity contribution in [2.24, 2.45) is 0 Å². The SMILES string of the molecule is CCCCCCCC(C)=CCCNC(C)C. The molecule has 0 amide bonds. The van der Waals surface area contributed by atoms with Gasteiger partial charge in [-0.05, 0) is 32.7 Å². The molecular formula is C15H31N. The van der Waals surface area contributed by atoms with Crippen LogP contribution in [-0.2, 0) is 0 Å². The van der Waals surface area contributed by atoms with Gasteiger partial charge in [0.1, 0.15) is 0 Å². The maximum atomic E-state index is 3.44. The molecule has 0 spiro atoms. The second kappa shape index (κ2) is 11.2. The zero-order valence-electron chi connectivity index (χ0n) is 11.8. The number of allylic oxidation sites excluding steroid dienone is 1. The Hall–Kier alpha value is -0.300. The van der Waals surface area contributed by atoms with E-state index in [1.54, 1.807) is 5.57 Å². The van der Waals surface area contributed by atoms with Crippen LogP contribution in [0.4, 0.5) is 0 Å². The summed E-state index contributed by atoms with van der Waals surface area (Å²) in [4.78, 5) is 0. The maximum Gasteiger partial charge on any atom is 0.00105 e. The Balaban J connectivity index is 3.34. The second-order valence-electron chi connectivity index (χ2n) is 5.11. The van der Waals surface area contributed by atoms with E-state index < -0.39 is 0 Å². The molecule has 0 aliphatic heterocycles. The molecule has 0 unspecified atom stereocenters. The van der Waals surface area contributed by atoms with Crippen LogP contribution in [0.15, 0.2) is 11.6 Å². The lowest BCUT2D eigenvalue weighted by Crippen LogP contribution is -2.23. The molecule has 0 heterocycles. The molecule has 1 N–H and O–H groups in total. The van der Waals surface area contributed by atoms with Gasteiger partial charge in [-0.25, -0.2) is 0 Å². The van der Waals surface area contributed by atoms with Gasteiger partial charge in [0.2, 0.25) is 0 Å². The van der Waals surface area contributed by atoms with Gasteiger partial charge < -0.3 is 5.32 Å². The fourth-order valence-electron chi connectivity index (χ4n) is 1.80. The summed E-state index contributed by atoms with van der Waals surface area (Å²) in [5, 5.41) is 3.44. The molecule has 0 bridgehead atoms. The maximum absolute atomic E-state index is 3.44. The summed E-state index contributed by atoms with van der Waals surface area (Å²) >= 11 is 0. The highest BCUT2D eigenvalue weighted by atomic mass is 14.9. The van der Waals surface area contributed by atoms with Gasteiger partial charge in [-0.3, -0.25) is 0 Å². The smallest absolute Gasteiger partial charge is 0.00105 e. The van der Waals surface area contributed by atoms with E-state index in [0.29, 0.717) is 6.04 Å². The first-order chi connectivity index (χ1) is 7.66. The topological polar surface area (TPSA) is 12.0 Å². The minimum absolute atomic E-state index is 0.614. The predicted molar refractivity (Wildman–Crippen MR) is 74.9 cm³/mol. The summed E-state index contributed by atoms with van der Waals surface area (Å²) in [5.74, 6) is 0. The summed E-state index contributed by atoms with van der Waals surface area (Å²) in [5.41, 5.74) is 1.57. The van der Waals surface area contributed by atoms with Crippen molar-refractivity contribution < 1.29 is 0 Å². The van der Waals surface area contributed by atoms with Gasteiger partial charge in [-0.1, -0.05) is 58.1 Å². The molecule has 0 aromatic rings. The van der Waals surface area contributed by atoms with Gasteiger partial charge in [0, 0.05) is 6.04 Å². The Labute approximate surface area is 103 Å². The molecule has 0 saturated carbocycles. The highest BCUT2D eigenvalue weighted by Crippen LogP contribution is 2.10. The molecule has 1 nitrogen and oxygen atoms in total. The van der Waals surface area contributed by atoms with Crippen LogP contribution in [0, 0.1) is 0 Å². The Morgan fingerprint density at radius 3 is 2.44 bits per heavy atom. The van der Waals surface area contributed by atoms with Crippen LogP contribution in [0.1, 0.15) is 72.6 Å². The Bertz CT molecular complexity index is 170. The fourth-order valence-corrected chi connectivity index (χ4v) is 1.80. The van der Waals surface area contributed by atoms with Gasteiger partial charge in [-0.2, -0.15) is 0 Å². The van der Waals surface area contributed by atoms with Crippen LogP contribution in [0.2, 0.25) is 0 Å². The van der Waals surface area contributed by atoms with E-state index >= 15 is 0 Å². The Morgan fingerprint density at radius 1 is 1.12 bits per heavy atom. The van der Waals surface area contributed by atoms with E-state index in [-0.39, 0.29) is 0 Å². The van der Waals surface area contributed by atoms with E-state index in [0.717, 1.165) is 6.54 Å². The van der Waals surface area contributed by atoms with Crippen molar-refractivity contribution in [1.82, 2.24) is 5.32 Å². The monoisotopic (exact) mass is 225 g/mol. The van der Waals surface area contributed by atoms with Crippen molar-refractivity contribution in [2.75, 3.05) is 6.54 Å². The summed E-state index contributed by atoms with van der Waals surface area (Å²) in [7, 11) is 0. The lowest BCUT2D eigenvalue weighted by molar-refractivity contribution is 0.592. The first-order valence-corrected chi connectivity index (χ1v) is 7.05. The summed E-state index contributed by atoms with van der Waals surface area (Å²) in [6, 6.07) is 0.614. The quantitative estimate of drug-likeness (QED) is 0.420. The fraction of sp³-hybridized carbons (Fsp3) is 0.867. The zero-order valence-corrected chi connectivity index (χ0v) is 11.8. The van der Waals surface area contributed by atoms with E-state index in [1.807, 2.05) is 0 Å². The number of hydrogen-bond acceptors (Lipinski definition) is 1. The van der Waals surface area contributed by atoms with Gasteiger partial charge in [-0.15, -0.1) is 0 Å². The molecule has 0 aromatic carbocycles. The van der Waals surface area contributed by atoms with Crippen molar-refractivity contribution in [1.29, 1.82) is 0 Å². The molecule has 0 atom stereocenters. The largest absolute Gasteiger partial charge is 0.314 e. The third kappa shape index (κ3) is 11.8. The molecule has 1 heteroatoms. The van der Waals surface area contributed by atoms with Gasteiger partial charge in [0.05, 0.1) is 0 Å². The molecule has 0 aliphatic rings. The number of hydrogen-bond donors (Lipinski definition) is 1. The first-order valence-electron chi connectivity index (χ1n) is 7.05. The average molecular weight is 225 g/mol.